The van der Waals surface area contributed by atoms with Crippen LogP contribution in [0.3, 0.4) is 0 Å². The molecule has 1 heterocycles. The van der Waals surface area contributed by atoms with Crippen molar-refractivity contribution < 1.29 is 18.7 Å². The second kappa shape index (κ2) is 8.59. The summed E-state index contributed by atoms with van der Waals surface area (Å²) < 4.78 is 24.6. The van der Waals surface area contributed by atoms with Gasteiger partial charge < -0.3 is 14.4 Å². The summed E-state index contributed by atoms with van der Waals surface area (Å²) >= 11 is 6.01. The number of hydrogen-bond acceptors (Lipinski definition) is 4. The molecule has 0 saturated carbocycles. The summed E-state index contributed by atoms with van der Waals surface area (Å²) in [5.74, 6) is 0.445. The molecule has 5 nitrogen and oxygen atoms in total. The average molecular weight is 393 g/mol. The van der Waals surface area contributed by atoms with E-state index in [4.69, 9.17) is 21.1 Å². The summed E-state index contributed by atoms with van der Waals surface area (Å²) in [6.45, 7) is 3.19. The minimum atomic E-state index is -0.583. The van der Waals surface area contributed by atoms with E-state index in [1.807, 2.05) is 18.2 Å². The van der Waals surface area contributed by atoms with Gasteiger partial charge >= 0.3 is 0 Å². The van der Waals surface area contributed by atoms with Crippen LogP contribution in [0.25, 0.3) is 0 Å². The molecule has 0 radical (unpaired) electrons. The molecule has 0 N–H and O–H groups in total. The number of halogens is 2. The molecule has 1 aliphatic rings. The molecule has 0 unspecified atom stereocenters. The van der Waals surface area contributed by atoms with Crippen LogP contribution in [-0.4, -0.2) is 56.1 Å². The van der Waals surface area contributed by atoms with Crippen molar-refractivity contribution in [3.63, 3.8) is 0 Å². The van der Waals surface area contributed by atoms with E-state index in [9.17, 15) is 9.18 Å². The number of nitrogens with zero attached hydrogens (tertiary/aromatic N) is 2. The number of ether oxygens (including phenoxy) is 2. The van der Waals surface area contributed by atoms with Gasteiger partial charge in [0.05, 0.1) is 24.8 Å². The van der Waals surface area contributed by atoms with E-state index >= 15 is 0 Å². The highest BCUT2D eigenvalue weighted by atomic mass is 35.5. The van der Waals surface area contributed by atoms with E-state index in [0.717, 1.165) is 12.1 Å². The summed E-state index contributed by atoms with van der Waals surface area (Å²) in [5.41, 5.74) is 1.05. The first-order chi connectivity index (χ1) is 13.0. The molecule has 144 valence electrons. The van der Waals surface area contributed by atoms with Gasteiger partial charge in [-0.1, -0.05) is 23.7 Å². The number of carbonyl (C=O) groups excluding carboxylic acids is 1. The Morgan fingerprint density at radius 1 is 1.07 bits per heavy atom. The largest absolute Gasteiger partial charge is 0.493 e. The molecule has 1 saturated heterocycles. The quantitative estimate of drug-likeness (QED) is 0.781. The molecule has 0 bridgehead atoms. The lowest BCUT2D eigenvalue weighted by Gasteiger charge is -2.35. The Labute approximate surface area is 163 Å². The first kappa shape index (κ1) is 19.5. The third-order valence-corrected chi connectivity index (χ3v) is 5.01. The maximum atomic E-state index is 14.0. The molecule has 0 spiro atoms. The summed E-state index contributed by atoms with van der Waals surface area (Å²) in [6, 6.07) is 10.1. The van der Waals surface area contributed by atoms with Crippen molar-refractivity contribution in [1.82, 2.24) is 9.80 Å². The molecule has 7 heteroatoms. The standard InChI is InChI=1S/C20H22ClFN2O3/c1-26-17-7-6-14(12-18(17)27-2)13-23-8-10-24(11-9-23)20(25)19-15(21)4-3-5-16(19)22/h3-7,12H,8-11,13H2,1-2H3. The Hall–Kier alpha value is -2.31. The molecule has 1 aliphatic heterocycles. The van der Waals surface area contributed by atoms with Crippen LogP contribution in [0.5, 0.6) is 11.5 Å². The number of rotatable bonds is 5. The summed E-state index contributed by atoms with van der Waals surface area (Å²) in [7, 11) is 3.22. The van der Waals surface area contributed by atoms with Gasteiger partial charge in [0.1, 0.15) is 5.82 Å². The number of carbonyl (C=O) groups is 1. The Balaban J connectivity index is 1.61. The third kappa shape index (κ3) is 4.34. The van der Waals surface area contributed by atoms with Crippen LogP contribution < -0.4 is 9.47 Å². The van der Waals surface area contributed by atoms with Gasteiger partial charge in [0.15, 0.2) is 11.5 Å². The lowest BCUT2D eigenvalue weighted by Crippen LogP contribution is -2.48. The molecular weight excluding hydrogens is 371 g/mol. The zero-order valence-electron chi connectivity index (χ0n) is 15.4. The van der Waals surface area contributed by atoms with E-state index < -0.39 is 5.82 Å². The SMILES string of the molecule is COc1ccc(CN2CCN(C(=O)c3c(F)cccc3Cl)CC2)cc1OC. The van der Waals surface area contributed by atoms with Gasteiger partial charge in [0.2, 0.25) is 0 Å². The maximum Gasteiger partial charge on any atom is 0.258 e. The minimum Gasteiger partial charge on any atom is -0.493 e. The van der Waals surface area contributed by atoms with E-state index in [0.29, 0.717) is 37.7 Å². The van der Waals surface area contributed by atoms with Crippen LogP contribution in [0, 0.1) is 5.82 Å². The van der Waals surface area contributed by atoms with Crippen LogP contribution in [0.1, 0.15) is 15.9 Å². The molecule has 1 fully saturated rings. The summed E-state index contributed by atoms with van der Waals surface area (Å²) in [4.78, 5) is 16.5. The van der Waals surface area contributed by atoms with Crippen LogP contribution in [0.4, 0.5) is 4.39 Å². The van der Waals surface area contributed by atoms with Crippen molar-refractivity contribution in [2.24, 2.45) is 0 Å². The first-order valence-electron chi connectivity index (χ1n) is 8.70. The number of piperazine rings is 1. The second-order valence-corrected chi connectivity index (χ2v) is 6.76. The second-order valence-electron chi connectivity index (χ2n) is 6.35. The lowest BCUT2D eigenvalue weighted by atomic mass is 10.1. The number of benzene rings is 2. The fourth-order valence-corrected chi connectivity index (χ4v) is 3.45. The lowest BCUT2D eigenvalue weighted by molar-refractivity contribution is 0.0624. The van der Waals surface area contributed by atoms with Crippen LogP contribution >= 0.6 is 11.6 Å². The Bertz CT molecular complexity index is 803. The van der Waals surface area contributed by atoms with Gasteiger partial charge in [-0.3, -0.25) is 9.69 Å². The van der Waals surface area contributed by atoms with Crippen molar-refractivity contribution in [3.8, 4) is 11.5 Å². The highest BCUT2D eigenvalue weighted by Crippen LogP contribution is 2.28. The van der Waals surface area contributed by atoms with Gasteiger partial charge in [0.25, 0.3) is 5.91 Å². The molecule has 1 amide bonds. The molecule has 0 aliphatic carbocycles. The number of hydrogen-bond donors (Lipinski definition) is 0. The fourth-order valence-electron chi connectivity index (χ4n) is 3.21. The zero-order valence-corrected chi connectivity index (χ0v) is 16.1. The molecular formula is C20H22ClFN2O3. The zero-order chi connectivity index (χ0) is 19.4. The number of methoxy groups -OCH3 is 2. The first-order valence-corrected chi connectivity index (χ1v) is 9.08. The van der Waals surface area contributed by atoms with Crippen molar-refractivity contribution in [3.05, 3.63) is 58.4 Å². The predicted molar refractivity (Wildman–Crippen MR) is 102 cm³/mol. The van der Waals surface area contributed by atoms with E-state index in [-0.39, 0.29) is 16.5 Å². The number of amides is 1. The molecule has 3 rings (SSSR count). The Morgan fingerprint density at radius 2 is 1.78 bits per heavy atom. The van der Waals surface area contributed by atoms with Gasteiger partial charge in [-0.25, -0.2) is 4.39 Å². The molecule has 27 heavy (non-hydrogen) atoms. The summed E-state index contributed by atoms with van der Waals surface area (Å²) in [6.07, 6.45) is 0. The maximum absolute atomic E-state index is 14.0. The molecule has 0 atom stereocenters. The third-order valence-electron chi connectivity index (χ3n) is 4.69. The minimum absolute atomic E-state index is 0.0486. The highest BCUT2D eigenvalue weighted by Gasteiger charge is 2.26. The molecule has 2 aromatic rings. The average Bonchev–Trinajstić information content (AvgIpc) is 2.68. The van der Waals surface area contributed by atoms with E-state index in [2.05, 4.69) is 4.90 Å². The molecule has 2 aromatic carbocycles. The van der Waals surface area contributed by atoms with Crippen molar-refractivity contribution in [1.29, 1.82) is 0 Å². The smallest absolute Gasteiger partial charge is 0.258 e. The monoisotopic (exact) mass is 392 g/mol. The van der Waals surface area contributed by atoms with E-state index in [1.54, 1.807) is 19.1 Å². The van der Waals surface area contributed by atoms with Crippen molar-refractivity contribution in [2.75, 3.05) is 40.4 Å². The van der Waals surface area contributed by atoms with Gasteiger partial charge in [0, 0.05) is 32.7 Å². The van der Waals surface area contributed by atoms with Crippen LogP contribution in [-0.2, 0) is 6.54 Å². The predicted octanol–water partition coefficient (Wildman–Crippen LogP) is 3.45. The van der Waals surface area contributed by atoms with Crippen molar-refractivity contribution >= 4 is 17.5 Å². The topological polar surface area (TPSA) is 42.0 Å². The van der Waals surface area contributed by atoms with Gasteiger partial charge in [-0.05, 0) is 29.8 Å². The fraction of sp³-hybridized carbons (Fsp3) is 0.350. The van der Waals surface area contributed by atoms with Crippen LogP contribution in [0.2, 0.25) is 5.02 Å². The van der Waals surface area contributed by atoms with Gasteiger partial charge in [-0.15, -0.1) is 0 Å². The van der Waals surface area contributed by atoms with Gasteiger partial charge in [-0.2, -0.15) is 0 Å². The van der Waals surface area contributed by atoms with E-state index in [1.165, 1.54) is 18.2 Å². The summed E-state index contributed by atoms with van der Waals surface area (Å²) in [5, 5.41) is 0.146. The normalized spacial score (nSPS) is 14.9. The highest BCUT2D eigenvalue weighted by molar-refractivity contribution is 6.33. The van der Waals surface area contributed by atoms with Crippen LogP contribution in [0.15, 0.2) is 36.4 Å². The van der Waals surface area contributed by atoms with Crippen molar-refractivity contribution in [2.45, 2.75) is 6.54 Å². The Morgan fingerprint density at radius 3 is 2.41 bits per heavy atom. The Kier molecular flexibility index (Phi) is 6.19. The molecule has 0 aromatic heterocycles.